The molecule has 0 radical (unpaired) electrons. The Hall–Kier alpha value is -7.03. The first kappa shape index (κ1) is 31.3. The number of hydrogen-bond donors (Lipinski definition) is 0. The summed E-state index contributed by atoms with van der Waals surface area (Å²) in [6, 6.07) is 67.1. The van der Waals surface area contributed by atoms with E-state index in [0.717, 1.165) is 22.5 Å². The van der Waals surface area contributed by atoms with Crippen molar-refractivity contribution in [2.24, 2.45) is 0 Å². The first-order valence-corrected chi connectivity index (χ1v) is 19.5. The number of rotatable bonds is 3. The Morgan fingerprint density at radius 3 is 1.71 bits per heavy atom. The molecule has 0 bridgehead atoms. The Morgan fingerprint density at radius 2 is 1.00 bits per heavy atom. The van der Waals surface area contributed by atoms with Gasteiger partial charge in [0.25, 0.3) is 0 Å². The third-order valence-electron chi connectivity index (χ3n) is 12.5. The van der Waals surface area contributed by atoms with Gasteiger partial charge in [0.2, 0.25) is 0 Å². The van der Waals surface area contributed by atoms with E-state index >= 15 is 0 Å². The zero-order valence-electron chi connectivity index (χ0n) is 31.2. The number of benzene rings is 9. The first-order valence-electron chi connectivity index (χ1n) is 19.5. The molecule has 11 aromatic rings. The van der Waals surface area contributed by atoms with Crippen molar-refractivity contribution in [2.75, 3.05) is 0 Å². The van der Waals surface area contributed by atoms with Crippen LogP contribution in [0.1, 0.15) is 25.0 Å². The van der Waals surface area contributed by atoms with Crippen molar-refractivity contribution in [2.45, 2.75) is 19.3 Å². The Balaban J connectivity index is 1.07. The third kappa shape index (κ3) is 4.41. The fourth-order valence-electron chi connectivity index (χ4n) is 9.77. The molecule has 0 aliphatic heterocycles. The Labute approximate surface area is 324 Å². The van der Waals surface area contributed by atoms with Gasteiger partial charge in [-0.05, 0) is 114 Å². The zero-order valence-corrected chi connectivity index (χ0v) is 31.2. The Morgan fingerprint density at radius 1 is 0.411 bits per heavy atom. The summed E-state index contributed by atoms with van der Waals surface area (Å²) in [5, 5.41) is 11.3. The molecule has 2 nitrogen and oxygen atoms in total. The lowest BCUT2D eigenvalue weighted by atomic mass is 9.82. The van der Waals surface area contributed by atoms with Crippen molar-refractivity contribution in [3.63, 3.8) is 0 Å². The Bertz CT molecular complexity index is 3340. The largest absolute Gasteiger partial charge is 0.309 e. The van der Waals surface area contributed by atoms with Gasteiger partial charge >= 0.3 is 0 Å². The van der Waals surface area contributed by atoms with E-state index in [1.807, 2.05) is 0 Å². The van der Waals surface area contributed by atoms with Crippen LogP contribution in [-0.4, -0.2) is 9.55 Å². The third-order valence-corrected chi connectivity index (χ3v) is 12.5. The summed E-state index contributed by atoms with van der Waals surface area (Å²) >= 11 is 0. The van der Waals surface area contributed by atoms with Gasteiger partial charge in [0, 0.05) is 32.8 Å². The highest BCUT2D eigenvalue weighted by atomic mass is 15.0. The summed E-state index contributed by atoms with van der Waals surface area (Å²) < 4.78 is 2.44. The fourth-order valence-corrected chi connectivity index (χ4v) is 9.77. The van der Waals surface area contributed by atoms with Crippen LogP contribution >= 0.6 is 0 Å². The summed E-state index contributed by atoms with van der Waals surface area (Å²) in [6.07, 6.45) is 0. The number of fused-ring (bicyclic) bond motifs is 12. The van der Waals surface area contributed by atoms with E-state index < -0.39 is 0 Å². The SMILES string of the molecule is CC1(C)c2ccccc2-c2cc3c(-c4ccc5ccccc5c4)cc(-c4ccc(-n5c6ccc7ccccc7c6c6c7ccccc7ccc65)cc4)nc3cc21. The maximum absolute atomic E-state index is 5.45. The molecule has 0 atom stereocenters. The highest BCUT2D eigenvalue weighted by Gasteiger charge is 2.36. The van der Waals surface area contributed by atoms with Crippen molar-refractivity contribution >= 4 is 65.0 Å². The van der Waals surface area contributed by atoms with Gasteiger partial charge in [0.15, 0.2) is 0 Å². The highest BCUT2D eigenvalue weighted by Crippen LogP contribution is 2.51. The smallest absolute Gasteiger partial charge is 0.0719 e. The summed E-state index contributed by atoms with van der Waals surface area (Å²) in [7, 11) is 0. The van der Waals surface area contributed by atoms with Crippen LogP contribution in [0.25, 0.3) is 104 Å². The molecule has 262 valence electrons. The van der Waals surface area contributed by atoms with Crippen LogP contribution in [-0.2, 0) is 5.41 Å². The van der Waals surface area contributed by atoms with E-state index in [1.165, 1.54) is 92.9 Å². The molecule has 0 N–H and O–H groups in total. The molecule has 9 aromatic carbocycles. The number of pyridine rings is 1. The first-order chi connectivity index (χ1) is 27.5. The lowest BCUT2D eigenvalue weighted by Gasteiger charge is -2.22. The van der Waals surface area contributed by atoms with Gasteiger partial charge in [-0.25, -0.2) is 4.98 Å². The van der Waals surface area contributed by atoms with Gasteiger partial charge in [0.05, 0.1) is 22.2 Å². The molecule has 0 saturated heterocycles. The summed E-state index contributed by atoms with van der Waals surface area (Å²) in [4.78, 5) is 5.45. The van der Waals surface area contributed by atoms with Gasteiger partial charge in [-0.15, -0.1) is 0 Å². The summed E-state index contributed by atoms with van der Waals surface area (Å²) in [5.74, 6) is 0. The van der Waals surface area contributed by atoms with Gasteiger partial charge in [-0.2, -0.15) is 0 Å². The quantitative estimate of drug-likeness (QED) is 0.178. The minimum atomic E-state index is -0.110. The predicted molar refractivity (Wildman–Crippen MR) is 237 cm³/mol. The average Bonchev–Trinajstić information content (AvgIpc) is 3.71. The van der Waals surface area contributed by atoms with E-state index in [2.05, 4.69) is 200 Å². The van der Waals surface area contributed by atoms with Crippen molar-refractivity contribution in [3.8, 4) is 39.2 Å². The molecule has 0 amide bonds. The number of nitrogens with zero attached hydrogens (tertiary/aromatic N) is 2. The predicted octanol–water partition coefficient (Wildman–Crippen LogP) is 14.4. The fraction of sp³-hybridized carbons (Fsp3) is 0.0556. The highest BCUT2D eigenvalue weighted by molar-refractivity contribution is 6.28. The maximum atomic E-state index is 5.45. The lowest BCUT2D eigenvalue weighted by Crippen LogP contribution is -2.14. The summed E-state index contributed by atoms with van der Waals surface area (Å²) in [6.45, 7) is 4.69. The topological polar surface area (TPSA) is 17.8 Å². The molecule has 1 aliphatic rings. The van der Waals surface area contributed by atoms with Crippen LogP contribution in [0.5, 0.6) is 0 Å². The molecule has 2 aromatic heterocycles. The van der Waals surface area contributed by atoms with Crippen molar-refractivity contribution in [1.82, 2.24) is 9.55 Å². The molecule has 2 heterocycles. The van der Waals surface area contributed by atoms with Gasteiger partial charge in [-0.3, -0.25) is 0 Å². The molecule has 1 aliphatic carbocycles. The molecule has 0 fully saturated rings. The van der Waals surface area contributed by atoms with Gasteiger partial charge in [-0.1, -0.05) is 147 Å². The second kappa shape index (κ2) is 11.5. The zero-order chi connectivity index (χ0) is 37.1. The van der Waals surface area contributed by atoms with Crippen molar-refractivity contribution in [1.29, 1.82) is 0 Å². The van der Waals surface area contributed by atoms with E-state index in [0.29, 0.717) is 0 Å². The van der Waals surface area contributed by atoms with Crippen molar-refractivity contribution in [3.05, 3.63) is 193 Å². The molecule has 2 heteroatoms. The second-order valence-electron chi connectivity index (χ2n) is 15.9. The normalized spacial score (nSPS) is 13.3. The van der Waals surface area contributed by atoms with Gasteiger partial charge in [0.1, 0.15) is 0 Å². The molecular weight excluding hydrogens is 677 g/mol. The standard InChI is InChI=1S/C54H36N2/c1-54(2)46-18-10-9-17-42(46)44-30-45-43(38-20-19-33-11-3-4-14-37(33)29-38)31-48(55-49(45)32-47(44)54)36-21-25-39(26-22-36)56-50-27-23-34-12-5-7-15-40(34)52(50)53-41-16-8-6-13-35(41)24-28-51(53)56/h3-32H,1-2H3. The van der Waals surface area contributed by atoms with Crippen LogP contribution < -0.4 is 0 Å². The van der Waals surface area contributed by atoms with Crippen LogP contribution in [0, 0.1) is 0 Å². The molecule has 0 unspecified atom stereocenters. The van der Waals surface area contributed by atoms with Gasteiger partial charge < -0.3 is 4.57 Å². The van der Waals surface area contributed by atoms with E-state index in [1.54, 1.807) is 0 Å². The molecule has 0 spiro atoms. The van der Waals surface area contributed by atoms with Crippen LogP contribution in [0.15, 0.2) is 182 Å². The average molecular weight is 713 g/mol. The molecule has 56 heavy (non-hydrogen) atoms. The van der Waals surface area contributed by atoms with E-state index in [9.17, 15) is 0 Å². The monoisotopic (exact) mass is 712 g/mol. The molecule has 12 rings (SSSR count). The molecule has 0 saturated carbocycles. The minimum Gasteiger partial charge on any atom is -0.309 e. The molecular formula is C54H36N2. The number of hydrogen-bond acceptors (Lipinski definition) is 1. The summed E-state index contributed by atoms with van der Waals surface area (Å²) in [5.41, 5.74) is 14.3. The lowest BCUT2D eigenvalue weighted by molar-refractivity contribution is 0.661. The second-order valence-corrected chi connectivity index (χ2v) is 15.9. The van der Waals surface area contributed by atoms with Crippen molar-refractivity contribution < 1.29 is 0 Å². The Kier molecular flexibility index (Phi) is 6.43. The van der Waals surface area contributed by atoms with Crippen LogP contribution in [0.4, 0.5) is 0 Å². The van der Waals surface area contributed by atoms with Crippen LogP contribution in [0.3, 0.4) is 0 Å². The number of aromatic nitrogens is 2. The minimum absolute atomic E-state index is 0.110. The van der Waals surface area contributed by atoms with E-state index in [4.69, 9.17) is 4.98 Å². The maximum Gasteiger partial charge on any atom is 0.0719 e. The van der Waals surface area contributed by atoms with Crippen LogP contribution in [0.2, 0.25) is 0 Å². The van der Waals surface area contributed by atoms with E-state index in [-0.39, 0.29) is 5.41 Å².